The Labute approximate surface area is 365 Å². The third-order valence-corrected chi connectivity index (χ3v) is 9.47. The molecule has 0 aliphatic heterocycles. The van der Waals surface area contributed by atoms with E-state index < -0.39 is 32.5 Å². The summed E-state index contributed by atoms with van der Waals surface area (Å²) < 4.78 is 34.2. The van der Waals surface area contributed by atoms with Gasteiger partial charge in [-0.2, -0.15) is 0 Å². The first-order valence-corrected chi connectivity index (χ1v) is 23.8. The van der Waals surface area contributed by atoms with Crippen molar-refractivity contribution in [1.82, 2.24) is 0 Å². The number of quaternary nitrogens is 1. The standard InChI is InChI=1S/C50H80NO8P/c1-6-8-10-12-14-16-18-20-21-22-23-24-25-26-27-28-29-31-33-35-37-39-41-43-50(53)59-48(47-58-60(54,55)57-45-44-51(3,4)5)46-56-49(52)42-40-38-36-34-32-30-19-17-15-13-11-9-7-2/h8-11,14-17,20-21,23-24,26-27,29-32,35,37,48H,6-7,12-13,18-19,22,25,28,33-34,36,38-47H2,1-5H3/p+1/b10-8-,11-9-,16-14-,17-15-,21-20-,24-23-,27-26-,31-29-,32-30-,37-35-. The Kier molecular flexibility index (Phi) is 38.4. The van der Waals surface area contributed by atoms with Crippen molar-refractivity contribution in [3.05, 3.63) is 122 Å². The molecule has 0 radical (unpaired) electrons. The lowest BCUT2D eigenvalue weighted by atomic mass is 10.1. The minimum atomic E-state index is -4.41. The quantitative estimate of drug-likeness (QED) is 0.0215. The molecule has 0 amide bonds. The maximum absolute atomic E-state index is 12.7. The van der Waals surface area contributed by atoms with Gasteiger partial charge < -0.3 is 18.9 Å². The molecule has 60 heavy (non-hydrogen) atoms. The monoisotopic (exact) mass is 855 g/mol. The Hall–Kier alpha value is -3.59. The van der Waals surface area contributed by atoms with Crippen LogP contribution in [0.25, 0.3) is 0 Å². The molecule has 0 aromatic heterocycles. The van der Waals surface area contributed by atoms with Crippen molar-refractivity contribution in [3.63, 3.8) is 0 Å². The van der Waals surface area contributed by atoms with Crippen LogP contribution in [0.1, 0.15) is 129 Å². The van der Waals surface area contributed by atoms with Crippen molar-refractivity contribution in [2.24, 2.45) is 0 Å². The number of nitrogens with zero attached hydrogens (tertiary/aromatic N) is 1. The SMILES string of the molecule is CC/C=C\C/C=C\C/C=C\C/C=C\C/C=C\C/C=C\C/C=C\CCCC(=O)OC(COC(=O)CCCCC/C=C\C/C=C\C/C=C\CC)COP(=O)(O)OCC[N+](C)(C)C. The van der Waals surface area contributed by atoms with Crippen LogP contribution in [0.3, 0.4) is 0 Å². The molecule has 0 saturated carbocycles. The van der Waals surface area contributed by atoms with Gasteiger partial charge in [0.1, 0.15) is 19.8 Å². The van der Waals surface area contributed by atoms with E-state index in [2.05, 4.69) is 129 Å². The molecule has 1 N–H and O–H groups in total. The van der Waals surface area contributed by atoms with E-state index in [9.17, 15) is 19.0 Å². The van der Waals surface area contributed by atoms with E-state index >= 15 is 0 Å². The van der Waals surface area contributed by atoms with Crippen molar-refractivity contribution >= 4 is 19.8 Å². The highest BCUT2D eigenvalue weighted by molar-refractivity contribution is 7.47. The summed E-state index contributed by atoms with van der Waals surface area (Å²) in [6.45, 7) is 4.05. The smallest absolute Gasteiger partial charge is 0.462 e. The van der Waals surface area contributed by atoms with E-state index in [0.29, 0.717) is 30.3 Å². The largest absolute Gasteiger partial charge is 0.472 e. The van der Waals surface area contributed by atoms with Crippen LogP contribution in [0.2, 0.25) is 0 Å². The molecule has 0 aliphatic carbocycles. The first-order valence-electron chi connectivity index (χ1n) is 22.3. The third-order valence-electron chi connectivity index (χ3n) is 8.49. The van der Waals surface area contributed by atoms with Crippen molar-refractivity contribution < 1.29 is 42.1 Å². The van der Waals surface area contributed by atoms with Gasteiger partial charge in [-0.3, -0.25) is 18.6 Å². The lowest BCUT2D eigenvalue weighted by Gasteiger charge is -2.24. The maximum Gasteiger partial charge on any atom is 0.472 e. The predicted octanol–water partition coefficient (Wildman–Crippen LogP) is 12.9. The van der Waals surface area contributed by atoms with E-state index in [1.807, 2.05) is 27.2 Å². The molecule has 9 nitrogen and oxygen atoms in total. The number of phosphoric acid groups is 1. The third kappa shape index (κ3) is 44.0. The van der Waals surface area contributed by atoms with Crippen molar-refractivity contribution in [2.45, 2.75) is 136 Å². The first kappa shape index (κ1) is 56.4. The molecular weight excluding hydrogens is 774 g/mol. The number of phosphoric ester groups is 1. The number of hydrogen-bond donors (Lipinski definition) is 1. The Bertz CT molecular complexity index is 1430. The van der Waals surface area contributed by atoms with Gasteiger partial charge in [0.15, 0.2) is 6.10 Å². The second-order valence-electron chi connectivity index (χ2n) is 15.3. The molecule has 0 saturated heterocycles. The summed E-state index contributed by atoms with van der Waals surface area (Å²) in [4.78, 5) is 35.3. The summed E-state index contributed by atoms with van der Waals surface area (Å²) in [5.74, 6) is -0.919. The Morgan fingerprint density at radius 2 is 0.917 bits per heavy atom. The molecule has 10 heteroatoms. The molecule has 0 spiro atoms. The summed E-state index contributed by atoms with van der Waals surface area (Å²) in [5, 5.41) is 0. The average Bonchev–Trinajstić information content (AvgIpc) is 3.20. The Morgan fingerprint density at radius 1 is 0.517 bits per heavy atom. The van der Waals surface area contributed by atoms with Gasteiger partial charge in [-0.15, -0.1) is 0 Å². The summed E-state index contributed by atoms with van der Waals surface area (Å²) in [6, 6.07) is 0. The number of rotatable bonds is 38. The van der Waals surface area contributed by atoms with Gasteiger partial charge >= 0.3 is 19.8 Å². The topological polar surface area (TPSA) is 108 Å². The number of allylic oxidation sites excluding steroid dienone is 20. The number of hydrogen-bond acceptors (Lipinski definition) is 7. The fourth-order valence-electron chi connectivity index (χ4n) is 5.07. The Balaban J connectivity index is 4.52. The minimum Gasteiger partial charge on any atom is -0.462 e. The lowest BCUT2D eigenvalue weighted by molar-refractivity contribution is -0.870. The van der Waals surface area contributed by atoms with E-state index in [1.165, 1.54) is 0 Å². The van der Waals surface area contributed by atoms with Gasteiger partial charge in [0.25, 0.3) is 0 Å². The van der Waals surface area contributed by atoms with E-state index in [-0.39, 0.29) is 26.1 Å². The number of esters is 2. The number of ether oxygens (including phenoxy) is 2. The molecule has 0 bridgehead atoms. The second kappa shape index (κ2) is 40.8. The van der Waals surface area contributed by atoms with Crippen molar-refractivity contribution in [2.75, 3.05) is 47.5 Å². The van der Waals surface area contributed by atoms with Crippen LogP contribution in [0.15, 0.2) is 122 Å². The molecule has 0 heterocycles. The molecule has 2 atom stereocenters. The molecule has 0 fully saturated rings. The number of unbranched alkanes of at least 4 members (excludes halogenated alkanes) is 4. The molecule has 338 valence electrons. The van der Waals surface area contributed by atoms with Crippen LogP contribution in [0, 0.1) is 0 Å². The highest BCUT2D eigenvalue weighted by Crippen LogP contribution is 2.43. The zero-order chi connectivity index (χ0) is 44.3. The summed E-state index contributed by atoms with van der Waals surface area (Å²) in [7, 11) is 1.40. The van der Waals surface area contributed by atoms with Gasteiger partial charge in [0, 0.05) is 12.8 Å². The first-order chi connectivity index (χ1) is 29.0. The second-order valence-corrected chi connectivity index (χ2v) is 16.8. The maximum atomic E-state index is 12.7. The average molecular weight is 855 g/mol. The summed E-state index contributed by atoms with van der Waals surface area (Å²) >= 11 is 0. The van der Waals surface area contributed by atoms with Crippen LogP contribution < -0.4 is 0 Å². The Morgan fingerprint density at radius 3 is 1.35 bits per heavy atom. The highest BCUT2D eigenvalue weighted by Gasteiger charge is 2.27. The van der Waals surface area contributed by atoms with Gasteiger partial charge in [-0.05, 0) is 96.3 Å². The molecule has 0 aromatic carbocycles. The van der Waals surface area contributed by atoms with E-state index in [1.54, 1.807) is 0 Å². The molecular formula is C50H81NO8P+. The van der Waals surface area contributed by atoms with Gasteiger partial charge in [-0.1, -0.05) is 142 Å². The summed E-state index contributed by atoms with van der Waals surface area (Å²) in [6.07, 6.45) is 56.9. The van der Waals surface area contributed by atoms with Crippen LogP contribution in [-0.4, -0.2) is 74.9 Å². The lowest BCUT2D eigenvalue weighted by Crippen LogP contribution is -2.37. The predicted molar refractivity (Wildman–Crippen MR) is 251 cm³/mol. The van der Waals surface area contributed by atoms with Crippen LogP contribution in [0.4, 0.5) is 0 Å². The van der Waals surface area contributed by atoms with Crippen molar-refractivity contribution in [1.29, 1.82) is 0 Å². The molecule has 2 unspecified atom stereocenters. The molecule has 0 aromatic rings. The van der Waals surface area contributed by atoms with E-state index in [0.717, 1.165) is 83.5 Å². The normalized spacial score (nSPS) is 14.7. The van der Waals surface area contributed by atoms with Crippen LogP contribution >= 0.6 is 7.82 Å². The zero-order valence-electron chi connectivity index (χ0n) is 37.9. The highest BCUT2D eigenvalue weighted by atomic mass is 31.2. The van der Waals surface area contributed by atoms with Gasteiger partial charge in [-0.25, -0.2) is 4.57 Å². The van der Waals surface area contributed by atoms with Gasteiger partial charge in [0.2, 0.25) is 0 Å². The minimum absolute atomic E-state index is 0.00804. The number of carbonyl (C=O) groups is 2. The van der Waals surface area contributed by atoms with E-state index in [4.69, 9.17) is 18.5 Å². The number of likely N-dealkylation sites (N-methyl/N-ethyl adjacent to an activating group) is 1. The van der Waals surface area contributed by atoms with Crippen LogP contribution in [-0.2, 0) is 32.7 Å². The fourth-order valence-corrected chi connectivity index (χ4v) is 5.81. The summed E-state index contributed by atoms with van der Waals surface area (Å²) in [5.41, 5.74) is 0. The fraction of sp³-hybridized carbons (Fsp3) is 0.560. The number of carbonyl (C=O) groups excluding carboxylic acids is 2. The zero-order valence-corrected chi connectivity index (χ0v) is 38.8. The molecule has 0 aliphatic rings. The van der Waals surface area contributed by atoms with Crippen molar-refractivity contribution in [3.8, 4) is 0 Å². The molecule has 0 rings (SSSR count). The van der Waals surface area contributed by atoms with Crippen LogP contribution in [0.5, 0.6) is 0 Å². The van der Waals surface area contributed by atoms with Gasteiger partial charge in [0.05, 0.1) is 27.7 Å².